The maximum Gasteiger partial charge on any atom is 0.407 e. The van der Waals surface area contributed by atoms with E-state index in [1.807, 2.05) is 0 Å². The van der Waals surface area contributed by atoms with Crippen molar-refractivity contribution < 1.29 is 24.1 Å². The van der Waals surface area contributed by atoms with Crippen LogP contribution in [0.1, 0.15) is 38.0 Å². The summed E-state index contributed by atoms with van der Waals surface area (Å²) in [6.45, 7) is 6.54. The van der Waals surface area contributed by atoms with Crippen LogP contribution in [0.25, 0.3) is 0 Å². The Labute approximate surface area is 123 Å². The third-order valence-corrected chi connectivity index (χ3v) is 2.65. The van der Waals surface area contributed by atoms with Crippen LogP contribution in [-0.4, -0.2) is 39.5 Å². The maximum atomic E-state index is 13.1. The van der Waals surface area contributed by atoms with Crippen molar-refractivity contribution >= 4 is 6.09 Å². The first kappa shape index (κ1) is 17.3. The summed E-state index contributed by atoms with van der Waals surface area (Å²) in [4.78, 5) is 14.9. The van der Waals surface area contributed by atoms with Gasteiger partial charge in [-0.3, -0.25) is 0 Å². The molecule has 0 saturated heterocycles. The molecule has 7 heteroatoms. The van der Waals surface area contributed by atoms with E-state index in [2.05, 4.69) is 10.3 Å². The third kappa shape index (κ3) is 5.65. The molecule has 6 nitrogen and oxygen atoms in total. The minimum Gasteiger partial charge on any atom is -0.444 e. The molecular formula is C14H21FN2O4. The fraction of sp³-hybridized carbons (Fsp3) is 0.571. The molecule has 0 aliphatic heterocycles. The lowest BCUT2D eigenvalue weighted by atomic mass is 10.0. The summed E-state index contributed by atoms with van der Waals surface area (Å²) in [5.74, 6) is -0.748. The van der Waals surface area contributed by atoms with E-state index in [0.29, 0.717) is 5.56 Å². The molecule has 0 radical (unpaired) electrons. The van der Waals surface area contributed by atoms with Crippen LogP contribution < -0.4 is 5.32 Å². The lowest BCUT2D eigenvalue weighted by Gasteiger charge is -2.22. The number of hydrogen-bond acceptors (Lipinski definition) is 5. The summed E-state index contributed by atoms with van der Waals surface area (Å²) < 4.78 is 18.1. The van der Waals surface area contributed by atoms with Crippen molar-refractivity contribution in [2.24, 2.45) is 0 Å². The number of aryl methyl sites for hydroxylation is 1. The highest BCUT2D eigenvalue weighted by atomic mass is 19.1. The highest BCUT2D eigenvalue weighted by Crippen LogP contribution is 2.20. The normalized spacial score (nSPS) is 14.4. The van der Waals surface area contributed by atoms with Crippen molar-refractivity contribution in [3.05, 3.63) is 29.3 Å². The number of nitrogens with zero attached hydrogens (tertiary/aromatic N) is 1. The number of aromatic nitrogens is 1. The molecule has 0 bridgehead atoms. The van der Waals surface area contributed by atoms with Crippen LogP contribution in [0, 0.1) is 12.9 Å². The van der Waals surface area contributed by atoms with Crippen molar-refractivity contribution in [1.29, 1.82) is 0 Å². The predicted octanol–water partition coefficient (Wildman–Crippen LogP) is 1.45. The highest BCUT2D eigenvalue weighted by molar-refractivity contribution is 5.67. The average molecular weight is 300 g/mol. The molecule has 21 heavy (non-hydrogen) atoms. The lowest BCUT2D eigenvalue weighted by Crippen LogP contribution is -2.39. The molecule has 2 unspecified atom stereocenters. The number of nitrogens with one attached hydrogen (secondary N) is 1. The Balaban J connectivity index is 2.61. The molecule has 0 aliphatic rings. The van der Waals surface area contributed by atoms with Gasteiger partial charge in [0.15, 0.2) is 0 Å². The van der Waals surface area contributed by atoms with E-state index in [1.54, 1.807) is 27.7 Å². The van der Waals surface area contributed by atoms with Crippen molar-refractivity contribution in [3.63, 3.8) is 0 Å². The van der Waals surface area contributed by atoms with E-state index in [0.717, 1.165) is 6.07 Å². The van der Waals surface area contributed by atoms with Crippen LogP contribution in [0.4, 0.5) is 9.18 Å². The minimum atomic E-state index is -1.34. The van der Waals surface area contributed by atoms with Gasteiger partial charge in [0.2, 0.25) is 5.95 Å². The van der Waals surface area contributed by atoms with E-state index in [4.69, 9.17) is 4.74 Å². The molecule has 1 aromatic heterocycles. The zero-order valence-electron chi connectivity index (χ0n) is 12.6. The molecule has 0 saturated carbocycles. The second kappa shape index (κ2) is 6.82. The van der Waals surface area contributed by atoms with Gasteiger partial charge in [-0.2, -0.15) is 4.39 Å². The van der Waals surface area contributed by atoms with Crippen LogP contribution in [0.3, 0.4) is 0 Å². The first-order chi connectivity index (χ1) is 9.60. The smallest absolute Gasteiger partial charge is 0.407 e. The van der Waals surface area contributed by atoms with Gasteiger partial charge in [0, 0.05) is 12.7 Å². The Hall–Kier alpha value is -1.73. The minimum absolute atomic E-state index is 0.223. The number of aliphatic hydroxyl groups is 2. The van der Waals surface area contributed by atoms with Gasteiger partial charge in [0.25, 0.3) is 0 Å². The zero-order valence-corrected chi connectivity index (χ0v) is 12.6. The highest BCUT2D eigenvalue weighted by Gasteiger charge is 2.23. The van der Waals surface area contributed by atoms with Gasteiger partial charge in [0.1, 0.15) is 17.8 Å². The van der Waals surface area contributed by atoms with Crippen LogP contribution in [0.5, 0.6) is 0 Å². The fourth-order valence-electron chi connectivity index (χ4n) is 1.65. The molecular weight excluding hydrogens is 279 g/mol. The molecule has 1 rings (SSSR count). The summed E-state index contributed by atoms with van der Waals surface area (Å²) in [7, 11) is 0. The van der Waals surface area contributed by atoms with Crippen molar-refractivity contribution in [2.75, 3.05) is 6.54 Å². The Bertz CT molecular complexity index is 502. The van der Waals surface area contributed by atoms with Gasteiger partial charge >= 0.3 is 6.09 Å². The Morgan fingerprint density at radius 3 is 2.67 bits per heavy atom. The van der Waals surface area contributed by atoms with Gasteiger partial charge in [-0.15, -0.1) is 0 Å². The van der Waals surface area contributed by atoms with Gasteiger partial charge in [0.05, 0.1) is 0 Å². The molecule has 3 N–H and O–H groups in total. The lowest BCUT2D eigenvalue weighted by molar-refractivity contribution is 0.0124. The first-order valence-corrected chi connectivity index (χ1v) is 6.55. The molecule has 1 heterocycles. The van der Waals surface area contributed by atoms with Crippen LogP contribution in [0.2, 0.25) is 0 Å². The zero-order chi connectivity index (χ0) is 16.2. The van der Waals surface area contributed by atoms with Gasteiger partial charge < -0.3 is 20.3 Å². The number of carbonyl (C=O) groups is 1. The molecule has 2 atom stereocenters. The van der Waals surface area contributed by atoms with Crippen molar-refractivity contribution in [2.45, 2.75) is 45.5 Å². The molecule has 0 aliphatic carbocycles. The number of pyridine rings is 1. The largest absolute Gasteiger partial charge is 0.444 e. The summed E-state index contributed by atoms with van der Waals surface area (Å²) in [6, 6.07) is 1.05. The topological polar surface area (TPSA) is 91.7 Å². The van der Waals surface area contributed by atoms with E-state index in [-0.39, 0.29) is 12.1 Å². The Kier molecular flexibility index (Phi) is 5.62. The van der Waals surface area contributed by atoms with E-state index in [9.17, 15) is 19.4 Å². The standard InChI is InChI=1S/C14H21FN2O4/c1-8-6-16-11(15)5-9(8)12(19)10(18)7-17-13(20)21-14(2,3)4/h5-6,10,12,18-19H,7H2,1-4H3,(H,17,20). The monoisotopic (exact) mass is 300 g/mol. The van der Waals surface area contributed by atoms with Gasteiger partial charge in [-0.05, 0) is 44.9 Å². The molecule has 0 spiro atoms. The van der Waals surface area contributed by atoms with E-state index < -0.39 is 29.8 Å². The molecule has 0 fully saturated rings. The number of halogens is 1. The Morgan fingerprint density at radius 2 is 2.10 bits per heavy atom. The molecule has 0 aromatic carbocycles. The maximum absolute atomic E-state index is 13.1. The van der Waals surface area contributed by atoms with Gasteiger partial charge in [-0.25, -0.2) is 9.78 Å². The number of carbonyl (C=O) groups excluding carboxylic acids is 1. The summed E-state index contributed by atoms with van der Waals surface area (Å²) in [5, 5.41) is 22.2. The average Bonchev–Trinajstić information content (AvgIpc) is 2.36. The van der Waals surface area contributed by atoms with Crippen LogP contribution >= 0.6 is 0 Å². The summed E-state index contributed by atoms with van der Waals surface area (Å²) in [5.41, 5.74) is 0.111. The quantitative estimate of drug-likeness (QED) is 0.732. The van der Waals surface area contributed by atoms with Crippen molar-refractivity contribution in [3.8, 4) is 0 Å². The molecule has 1 amide bonds. The summed E-state index contributed by atoms with van der Waals surface area (Å²) >= 11 is 0. The predicted molar refractivity (Wildman–Crippen MR) is 74.1 cm³/mol. The van der Waals surface area contributed by atoms with Crippen LogP contribution in [0.15, 0.2) is 12.3 Å². The number of rotatable bonds is 4. The SMILES string of the molecule is Cc1cnc(F)cc1C(O)C(O)CNC(=O)OC(C)(C)C. The Morgan fingerprint density at radius 1 is 1.48 bits per heavy atom. The van der Waals surface area contributed by atoms with E-state index >= 15 is 0 Å². The van der Waals surface area contributed by atoms with E-state index in [1.165, 1.54) is 6.20 Å². The number of alkyl carbamates (subject to hydrolysis) is 1. The number of amides is 1. The summed E-state index contributed by atoms with van der Waals surface area (Å²) in [6.07, 6.45) is -2.07. The second-order valence-electron chi connectivity index (χ2n) is 5.76. The fourth-order valence-corrected chi connectivity index (χ4v) is 1.65. The number of aliphatic hydroxyl groups excluding tert-OH is 2. The molecule has 118 valence electrons. The van der Waals surface area contributed by atoms with Gasteiger partial charge in [-0.1, -0.05) is 0 Å². The number of hydrogen-bond donors (Lipinski definition) is 3. The second-order valence-corrected chi connectivity index (χ2v) is 5.76. The number of ether oxygens (including phenoxy) is 1. The molecule has 1 aromatic rings. The van der Waals surface area contributed by atoms with Crippen molar-refractivity contribution in [1.82, 2.24) is 10.3 Å². The third-order valence-electron chi connectivity index (χ3n) is 2.65. The first-order valence-electron chi connectivity index (χ1n) is 6.55. The van der Waals surface area contributed by atoms with Crippen LogP contribution in [-0.2, 0) is 4.74 Å².